The van der Waals surface area contributed by atoms with E-state index < -0.39 is 18.0 Å². The van der Waals surface area contributed by atoms with Crippen molar-refractivity contribution in [3.05, 3.63) is 22.2 Å². The molecule has 2 N–H and O–H groups in total. The molecule has 0 radical (unpaired) electrons. The fourth-order valence-corrected chi connectivity index (χ4v) is 2.03. The largest absolute Gasteiger partial charge is 0.493 e. The molecule has 1 amide bonds. The van der Waals surface area contributed by atoms with Crippen molar-refractivity contribution in [1.82, 2.24) is 0 Å². The minimum atomic E-state index is -1.00. The van der Waals surface area contributed by atoms with E-state index >= 15 is 0 Å². The van der Waals surface area contributed by atoms with Crippen molar-refractivity contribution in [3.63, 3.8) is 0 Å². The van der Waals surface area contributed by atoms with Crippen molar-refractivity contribution in [3.8, 4) is 11.5 Å². The Balaban J connectivity index is 3.02. The van der Waals surface area contributed by atoms with Crippen LogP contribution in [0.25, 0.3) is 0 Å². The molecule has 0 bridgehead atoms. The van der Waals surface area contributed by atoms with Crippen LogP contribution in [0.2, 0.25) is 0 Å². The van der Waals surface area contributed by atoms with Crippen molar-refractivity contribution in [1.29, 1.82) is 0 Å². The number of carbonyl (C=O) groups excluding carboxylic acids is 2. The van der Waals surface area contributed by atoms with Gasteiger partial charge in [-0.1, -0.05) is 6.92 Å². The fourth-order valence-electron chi connectivity index (χ4n) is 1.47. The van der Waals surface area contributed by atoms with Crippen molar-refractivity contribution in [2.24, 2.45) is 5.73 Å². The summed E-state index contributed by atoms with van der Waals surface area (Å²) in [5, 5.41) is 0. The zero-order chi connectivity index (χ0) is 16.0. The summed E-state index contributed by atoms with van der Waals surface area (Å²) >= 11 is 3.33. The third kappa shape index (κ3) is 4.63. The van der Waals surface area contributed by atoms with Crippen LogP contribution >= 0.6 is 15.9 Å². The summed E-state index contributed by atoms with van der Waals surface area (Å²) in [5.74, 6) is -0.463. The highest BCUT2D eigenvalue weighted by Crippen LogP contribution is 2.37. The van der Waals surface area contributed by atoms with Gasteiger partial charge in [-0.15, -0.1) is 0 Å². The third-order valence-corrected chi connectivity index (χ3v) is 3.19. The van der Waals surface area contributed by atoms with Gasteiger partial charge in [0.2, 0.25) is 0 Å². The Morgan fingerprint density at radius 3 is 2.57 bits per heavy atom. The zero-order valence-corrected chi connectivity index (χ0v) is 13.7. The lowest BCUT2D eigenvalue weighted by Gasteiger charge is -2.14. The monoisotopic (exact) mass is 359 g/mol. The lowest BCUT2D eigenvalue weighted by atomic mass is 10.2. The van der Waals surface area contributed by atoms with Gasteiger partial charge in [-0.25, -0.2) is 4.79 Å². The molecule has 1 rings (SSSR count). The average Bonchev–Trinajstić information content (AvgIpc) is 2.44. The van der Waals surface area contributed by atoms with Crippen LogP contribution in [0.4, 0.5) is 0 Å². The highest BCUT2D eigenvalue weighted by atomic mass is 79.9. The Kier molecular flexibility index (Phi) is 6.48. The topological polar surface area (TPSA) is 87.9 Å². The number of ether oxygens (including phenoxy) is 3. The normalized spacial score (nSPS) is 11.6. The smallest absolute Gasteiger partial charge is 0.339 e. The number of primary amides is 1. The average molecular weight is 360 g/mol. The summed E-state index contributed by atoms with van der Waals surface area (Å²) < 4.78 is 16.3. The molecule has 0 fully saturated rings. The van der Waals surface area contributed by atoms with Crippen molar-refractivity contribution >= 4 is 27.8 Å². The minimum Gasteiger partial charge on any atom is -0.493 e. The van der Waals surface area contributed by atoms with Crippen LogP contribution < -0.4 is 15.2 Å². The van der Waals surface area contributed by atoms with Gasteiger partial charge in [-0.3, -0.25) is 4.79 Å². The first-order valence-electron chi connectivity index (χ1n) is 6.41. The molecule has 0 saturated carbocycles. The summed E-state index contributed by atoms with van der Waals surface area (Å²) in [7, 11) is 1.47. The molecule has 0 heterocycles. The van der Waals surface area contributed by atoms with Gasteiger partial charge in [-0.05, 0) is 41.4 Å². The molecule has 1 aromatic rings. The predicted molar refractivity (Wildman–Crippen MR) is 80.6 cm³/mol. The van der Waals surface area contributed by atoms with E-state index in [0.717, 1.165) is 6.42 Å². The van der Waals surface area contributed by atoms with E-state index in [0.29, 0.717) is 22.6 Å². The predicted octanol–water partition coefficient (Wildman–Crippen LogP) is 2.28. The van der Waals surface area contributed by atoms with E-state index in [9.17, 15) is 9.59 Å². The van der Waals surface area contributed by atoms with E-state index in [1.165, 1.54) is 20.1 Å². The molecule has 0 aliphatic carbocycles. The Morgan fingerprint density at radius 1 is 1.38 bits per heavy atom. The number of hydrogen-bond acceptors (Lipinski definition) is 5. The van der Waals surface area contributed by atoms with Gasteiger partial charge in [0.15, 0.2) is 17.6 Å². The summed E-state index contributed by atoms with van der Waals surface area (Å²) in [6.45, 7) is 3.92. The maximum Gasteiger partial charge on any atom is 0.339 e. The quantitative estimate of drug-likeness (QED) is 0.754. The molecule has 0 aromatic heterocycles. The minimum absolute atomic E-state index is 0.232. The second-order valence-electron chi connectivity index (χ2n) is 4.29. The maximum absolute atomic E-state index is 12.0. The highest BCUT2D eigenvalue weighted by Gasteiger charge is 2.20. The van der Waals surface area contributed by atoms with E-state index in [1.54, 1.807) is 6.07 Å². The van der Waals surface area contributed by atoms with Crippen LogP contribution in [0, 0.1) is 0 Å². The molecule has 0 unspecified atom stereocenters. The number of carbonyl (C=O) groups is 2. The van der Waals surface area contributed by atoms with Crippen LogP contribution in [-0.2, 0) is 9.53 Å². The van der Waals surface area contributed by atoms with Gasteiger partial charge in [0.05, 0.1) is 23.8 Å². The summed E-state index contributed by atoms with van der Waals surface area (Å²) in [4.78, 5) is 22.9. The molecular formula is C14H18BrNO5. The number of rotatable bonds is 7. The van der Waals surface area contributed by atoms with Gasteiger partial charge in [0.1, 0.15) is 0 Å². The van der Waals surface area contributed by atoms with Gasteiger partial charge >= 0.3 is 5.97 Å². The Bertz CT molecular complexity index is 532. The van der Waals surface area contributed by atoms with Crippen molar-refractivity contribution in [2.45, 2.75) is 26.4 Å². The molecule has 0 aliphatic rings. The highest BCUT2D eigenvalue weighted by molar-refractivity contribution is 9.10. The summed E-state index contributed by atoms with van der Waals surface area (Å²) in [6, 6.07) is 3.04. The van der Waals surface area contributed by atoms with E-state index in [2.05, 4.69) is 15.9 Å². The Labute approximate surface area is 131 Å². The molecule has 1 atom stereocenters. The van der Waals surface area contributed by atoms with Gasteiger partial charge in [0, 0.05) is 0 Å². The molecule has 1 aromatic carbocycles. The Morgan fingerprint density at radius 2 is 2.05 bits per heavy atom. The lowest BCUT2D eigenvalue weighted by Crippen LogP contribution is -2.30. The van der Waals surface area contributed by atoms with Crippen molar-refractivity contribution < 1.29 is 23.8 Å². The number of esters is 1. The maximum atomic E-state index is 12.0. The van der Waals surface area contributed by atoms with Gasteiger partial charge in [-0.2, -0.15) is 0 Å². The standard InChI is InChI=1S/C14H18BrNO5/c1-4-5-20-12-10(15)6-9(7-11(12)19-3)14(18)21-8(2)13(16)17/h6-8H,4-5H2,1-3H3,(H2,16,17)/t8-/m1/s1. The molecule has 0 spiro atoms. The molecule has 7 heteroatoms. The Hall–Kier alpha value is -1.76. The number of hydrogen-bond donors (Lipinski definition) is 1. The van der Waals surface area contributed by atoms with Crippen LogP contribution in [-0.4, -0.2) is 31.7 Å². The number of methoxy groups -OCH3 is 1. The van der Waals surface area contributed by atoms with Crippen molar-refractivity contribution in [2.75, 3.05) is 13.7 Å². The van der Waals surface area contributed by atoms with E-state index in [-0.39, 0.29) is 5.56 Å². The summed E-state index contributed by atoms with van der Waals surface area (Å²) in [6.07, 6.45) is -0.159. The second kappa shape index (κ2) is 7.87. The number of benzene rings is 1. The summed E-state index contributed by atoms with van der Waals surface area (Å²) in [5.41, 5.74) is 5.29. The molecule has 0 saturated heterocycles. The number of nitrogens with two attached hydrogens (primary N) is 1. The van der Waals surface area contributed by atoms with Crippen LogP contribution in [0.5, 0.6) is 11.5 Å². The number of halogens is 1. The molecule has 6 nitrogen and oxygen atoms in total. The van der Waals surface area contributed by atoms with E-state index in [4.69, 9.17) is 19.9 Å². The zero-order valence-electron chi connectivity index (χ0n) is 12.1. The lowest BCUT2D eigenvalue weighted by molar-refractivity contribution is -0.125. The van der Waals surface area contributed by atoms with Crippen LogP contribution in [0.1, 0.15) is 30.6 Å². The second-order valence-corrected chi connectivity index (χ2v) is 5.14. The van der Waals surface area contributed by atoms with Gasteiger partial charge < -0.3 is 19.9 Å². The fraction of sp³-hybridized carbons (Fsp3) is 0.429. The number of amides is 1. The van der Waals surface area contributed by atoms with Crippen LogP contribution in [0.3, 0.4) is 0 Å². The van der Waals surface area contributed by atoms with Gasteiger partial charge in [0.25, 0.3) is 5.91 Å². The molecule has 116 valence electrons. The molecule has 0 aliphatic heterocycles. The first kappa shape index (κ1) is 17.3. The van der Waals surface area contributed by atoms with E-state index in [1.807, 2.05) is 6.92 Å². The molecule has 21 heavy (non-hydrogen) atoms. The van der Waals surface area contributed by atoms with Crippen LogP contribution in [0.15, 0.2) is 16.6 Å². The SMILES string of the molecule is CCCOc1c(Br)cc(C(=O)O[C@H](C)C(N)=O)cc1OC. The first-order valence-corrected chi connectivity index (χ1v) is 7.20. The first-order chi connectivity index (χ1) is 9.90. The third-order valence-electron chi connectivity index (χ3n) is 2.60. The molecular weight excluding hydrogens is 342 g/mol.